The lowest BCUT2D eigenvalue weighted by molar-refractivity contribution is 0.0562. The zero-order chi connectivity index (χ0) is 15.9. The molecule has 0 unspecified atom stereocenters. The molecular weight excluding hydrogens is 306 g/mol. The molecule has 3 rings (SSSR count). The highest BCUT2D eigenvalue weighted by Gasteiger charge is 2.15. The third-order valence-electron chi connectivity index (χ3n) is 3.41. The molecule has 0 bridgehead atoms. The van der Waals surface area contributed by atoms with Crippen LogP contribution in [-0.2, 0) is 11.3 Å². The topological polar surface area (TPSA) is 87.2 Å². The Balaban J connectivity index is 1.99. The largest absolute Gasteiger partial charge is 0.463 e. The van der Waals surface area contributed by atoms with Crippen LogP contribution in [0.25, 0.3) is 10.2 Å². The average molecular weight is 319 g/mol. The number of thiophene rings is 1. The minimum Gasteiger partial charge on any atom is -0.463 e. The van der Waals surface area contributed by atoms with Crippen LogP contribution in [0.15, 0.2) is 21.3 Å². The summed E-state index contributed by atoms with van der Waals surface area (Å²) in [4.78, 5) is 25.5. The second-order valence-electron chi connectivity index (χ2n) is 4.77. The van der Waals surface area contributed by atoms with E-state index in [4.69, 9.17) is 4.42 Å². The smallest absolute Gasteiger partial charge is 0.373 e. The normalized spacial score (nSPS) is 11.0. The lowest BCUT2D eigenvalue weighted by Gasteiger charge is -2.01. The summed E-state index contributed by atoms with van der Waals surface area (Å²) < 4.78 is 11.1. The molecule has 0 aliphatic heterocycles. The van der Waals surface area contributed by atoms with E-state index in [2.05, 4.69) is 15.0 Å². The molecule has 0 aliphatic carbocycles. The van der Waals surface area contributed by atoms with Crippen LogP contribution in [-0.4, -0.2) is 28.1 Å². The van der Waals surface area contributed by atoms with E-state index in [0.29, 0.717) is 16.0 Å². The number of methoxy groups -OCH3 is 1. The Bertz CT molecular complexity index is 922. The summed E-state index contributed by atoms with van der Waals surface area (Å²) in [5.74, 6) is -0.0488. The van der Waals surface area contributed by atoms with Gasteiger partial charge in [0.05, 0.1) is 12.5 Å². The molecule has 0 fully saturated rings. The van der Waals surface area contributed by atoms with Gasteiger partial charge in [-0.2, -0.15) is 0 Å². The van der Waals surface area contributed by atoms with E-state index in [1.165, 1.54) is 29.2 Å². The zero-order valence-corrected chi connectivity index (χ0v) is 13.1. The van der Waals surface area contributed by atoms with Crippen molar-refractivity contribution in [2.75, 3.05) is 7.11 Å². The van der Waals surface area contributed by atoms with Crippen LogP contribution in [0.1, 0.15) is 26.8 Å². The molecule has 3 heterocycles. The number of aryl methyl sites for hydroxylation is 2. The van der Waals surface area contributed by atoms with Crippen LogP contribution in [0.4, 0.5) is 0 Å². The maximum atomic E-state index is 12.5. The average Bonchev–Trinajstić information content (AvgIpc) is 3.07. The van der Waals surface area contributed by atoms with Crippen LogP contribution < -0.4 is 5.56 Å². The molecule has 0 radical (unpaired) electrons. The van der Waals surface area contributed by atoms with Crippen molar-refractivity contribution in [3.63, 3.8) is 0 Å². The number of ether oxygens (including phenoxy) is 1. The van der Waals surface area contributed by atoms with E-state index in [1.807, 2.05) is 13.8 Å². The van der Waals surface area contributed by atoms with Gasteiger partial charge in [0.2, 0.25) is 5.76 Å². The standard InChI is InChI=1S/C14H13N3O4S/c1-7-8(2)22-12-11(7)13(18)17(16-15-12)6-9-4-5-10(21-9)14(19)20-3/h4-5H,6H2,1-3H3. The predicted molar refractivity (Wildman–Crippen MR) is 80.3 cm³/mol. The van der Waals surface area contributed by atoms with Gasteiger partial charge in [-0.25, -0.2) is 9.48 Å². The molecule has 8 heteroatoms. The first-order chi connectivity index (χ1) is 10.5. The monoisotopic (exact) mass is 319 g/mol. The Morgan fingerprint density at radius 1 is 1.41 bits per heavy atom. The number of carbonyl (C=O) groups is 1. The van der Waals surface area contributed by atoms with Gasteiger partial charge in [0, 0.05) is 4.88 Å². The number of nitrogens with zero attached hydrogens (tertiary/aromatic N) is 3. The van der Waals surface area contributed by atoms with Gasteiger partial charge in [-0.1, -0.05) is 5.21 Å². The lowest BCUT2D eigenvalue weighted by atomic mass is 10.2. The van der Waals surface area contributed by atoms with Gasteiger partial charge in [0.1, 0.15) is 12.3 Å². The third-order valence-corrected chi connectivity index (χ3v) is 4.50. The molecule has 0 amide bonds. The van der Waals surface area contributed by atoms with Gasteiger partial charge in [-0.15, -0.1) is 16.4 Å². The molecule has 7 nitrogen and oxygen atoms in total. The quantitative estimate of drug-likeness (QED) is 0.685. The first kappa shape index (κ1) is 14.5. The van der Waals surface area contributed by atoms with Gasteiger partial charge < -0.3 is 9.15 Å². The van der Waals surface area contributed by atoms with E-state index in [0.717, 1.165) is 10.4 Å². The summed E-state index contributed by atoms with van der Waals surface area (Å²) in [6.45, 7) is 3.94. The van der Waals surface area contributed by atoms with Gasteiger partial charge >= 0.3 is 5.97 Å². The van der Waals surface area contributed by atoms with Crippen LogP contribution in [0.2, 0.25) is 0 Å². The Morgan fingerprint density at radius 2 is 2.18 bits per heavy atom. The number of hydrogen-bond acceptors (Lipinski definition) is 7. The highest BCUT2D eigenvalue weighted by atomic mass is 32.1. The number of hydrogen-bond donors (Lipinski definition) is 0. The number of rotatable bonds is 3. The van der Waals surface area contributed by atoms with Crippen molar-refractivity contribution in [1.29, 1.82) is 0 Å². The van der Waals surface area contributed by atoms with E-state index in [1.54, 1.807) is 6.07 Å². The van der Waals surface area contributed by atoms with Gasteiger partial charge in [0.25, 0.3) is 5.56 Å². The minimum atomic E-state index is -0.565. The number of aromatic nitrogens is 3. The number of furan rings is 1. The van der Waals surface area contributed by atoms with Crippen molar-refractivity contribution in [3.8, 4) is 0 Å². The summed E-state index contributed by atoms with van der Waals surface area (Å²) in [6.07, 6.45) is 0. The van der Waals surface area contributed by atoms with Crippen LogP contribution in [0, 0.1) is 13.8 Å². The summed E-state index contributed by atoms with van der Waals surface area (Å²) in [6, 6.07) is 3.11. The zero-order valence-electron chi connectivity index (χ0n) is 12.2. The molecule has 22 heavy (non-hydrogen) atoms. The molecule has 0 spiro atoms. The third kappa shape index (κ3) is 2.31. The number of fused-ring (bicyclic) bond motifs is 1. The molecular formula is C14H13N3O4S. The lowest BCUT2D eigenvalue weighted by Crippen LogP contribution is -2.24. The summed E-state index contributed by atoms with van der Waals surface area (Å²) in [7, 11) is 1.27. The van der Waals surface area contributed by atoms with E-state index < -0.39 is 5.97 Å². The van der Waals surface area contributed by atoms with Crippen LogP contribution in [0.5, 0.6) is 0 Å². The fourth-order valence-corrected chi connectivity index (χ4v) is 3.08. The predicted octanol–water partition coefficient (Wildman–Crippen LogP) is 1.90. The van der Waals surface area contributed by atoms with Gasteiger partial charge in [-0.05, 0) is 31.5 Å². The SMILES string of the molecule is COC(=O)c1ccc(Cn2nnc3sc(C)c(C)c3c2=O)o1. The molecule has 0 saturated carbocycles. The molecule has 0 aliphatic rings. The first-order valence-corrected chi connectivity index (χ1v) is 7.33. The summed E-state index contributed by atoms with van der Waals surface area (Å²) in [5.41, 5.74) is 0.700. The van der Waals surface area contributed by atoms with Crippen molar-refractivity contribution in [3.05, 3.63) is 44.4 Å². The maximum Gasteiger partial charge on any atom is 0.373 e. The van der Waals surface area contributed by atoms with E-state index >= 15 is 0 Å². The highest BCUT2D eigenvalue weighted by molar-refractivity contribution is 7.18. The van der Waals surface area contributed by atoms with E-state index in [9.17, 15) is 9.59 Å². The van der Waals surface area contributed by atoms with Gasteiger partial charge in [0.15, 0.2) is 4.83 Å². The fourth-order valence-electron chi connectivity index (χ4n) is 2.12. The second-order valence-corrected chi connectivity index (χ2v) is 5.98. The molecule has 0 atom stereocenters. The fraction of sp³-hybridized carbons (Fsp3) is 0.286. The maximum absolute atomic E-state index is 12.5. The molecule has 0 aromatic carbocycles. The molecule has 114 valence electrons. The van der Waals surface area contributed by atoms with Crippen LogP contribution in [0.3, 0.4) is 0 Å². The van der Waals surface area contributed by atoms with Crippen molar-refractivity contribution in [1.82, 2.24) is 15.0 Å². The highest BCUT2D eigenvalue weighted by Crippen LogP contribution is 2.25. The molecule has 0 N–H and O–H groups in total. The van der Waals surface area contributed by atoms with E-state index in [-0.39, 0.29) is 17.9 Å². The Hall–Kier alpha value is -2.48. The Kier molecular flexibility index (Phi) is 3.53. The second kappa shape index (κ2) is 5.38. The molecule has 0 saturated heterocycles. The Labute approximate surface area is 129 Å². The Morgan fingerprint density at radius 3 is 2.91 bits per heavy atom. The van der Waals surface area contributed by atoms with Crippen molar-refractivity contribution < 1.29 is 13.9 Å². The van der Waals surface area contributed by atoms with Crippen molar-refractivity contribution in [2.24, 2.45) is 0 Å². The van der Waals surface area contributed by atoms with Crippen molar-refractivity contribution >= 4 is 27.5 Å². The summed E-state index contributed by atoms with van der Waals surface area (Å²) >= 11 is 1.45. The van der Waals surface area contributed by atoms with Gasteiger partial charge in [-0.3, -0.25) is 4.79 Å². The minimum absolute atomic E-state index is 0.0853. The molecule has 3 aromatic rings. The van der Waals surface area contributed by atoms with Crippen LogP contribution >= 0.6 is 11.3 Å². The first-order valence-electron chi connectivity index (χ1n) is 6.51. The molecule has 3 aromatic heterocycles. The number of carbonyl (C=O) groups excluding carboxylic acids is 1. The van der Waals surface area contributed by atoms with Crippen molar-refractivity contribution in [2.45, 2.75) is 20.4 Å². The number of esters is 1. The summed E-state index contributed by atoms with van der Waals surface area (Å²) in [5, 5.41) is 8.58.